The number of carbonyl (C=O) groups excluding carboxylic acids is 2. The Kier molecular flexibility index (Phi) is 6.92. The number of nitrogens with one attached hydrogen (secondary N) is 1. The third kappa shape index (κ3) is 4.96. The molecule has 7 nitrogen and oxygen atoms in total. The summed E-state index contributed by atoms with van der Waals surface area (Å²) in [5.41, 5.74) is 0.188. The molecule has 0 saturated heterocycles. The minimum Gasteiger partial charge on any atom is -0.495 e. The van der Waals surface area contributed by atoms with Crippen LogP contribution in [0.1, 0.15) is 12.6 Å². The standard InChI is InChI=1S/C22H16F2N4O3S/c1-13(29)28(19-8-7-15(23)10-17(19)24)22-26-16(12-32-22)9-14(11-25)21(30)27-18-5-3-4-6-20(18)31-2/h3-10,12H,1-2H3,(H,27,30)/b14-9+. The van der Waals surface area contributed by atoms with Crippen molar-refractivity contribution in [3.63, 3.8) is 0 Å². The first-order valence-electron chi connectivity index (χ1n) is 9.11. The fraction of sp³-hybridized carbons (Fsp3) is 0.0909. The Bertz CT molecular complexity index is 1250. The van der Waals surface area contributed by atoms with Gasteiger partial charge in [0, 0.05) is 18.4 Å². The first-order valence-corrected chi connectivity index (χ1v) is 9.99. The predicted molar refractivity (Wildman–Crippen MR) is 117 cm³/mol. The molecule has 0 bridgehead atoms. The summed E-state index contributed by atoms with van der Waals surface area (Å²) < 4.78 is 32.6. The summed E-state index contributed by atoms with van der Waals surface area (Å²) in [6, 6.07) is 11.3. The third-order valence-corrected chi connectivity index (χ3v) is 5.02. The van der Waals surface area contributed by atoms with E-state index < -0.39 is 23.4 Å². The van der Waals surface area contributed by atoms with Crippen LogP contribution >= 0.6 is 11.3 Å². The average molecular weight is 454 g/mol. The number of carbonyl (C=O) groups is 2. The van der Waals surface area contributed by atoms with Gasteiger partial charge in [-0.05, 0) is 30.3 Å². The second kappa shape index (κ2) is 9.80. The molecule has 162 valence electrons. The van der Waals surface area contributed by atoms with Crippen molar-refractivity contribution in [2.24, 2.45) is 0 Å². The lowest BCUT2D eigenvalue weighted by Gasteiger charge is -2.18. The Hall–Kier alpha value is -4.10. The van der Waals surface area contributed by atoms with E-state index in [0.717, 1.165) is 28.4 Å². The molecule has 2 amide bonds. The molecule has 0 radical (unpaired) electrons. The zero-order valence-electron chi connectivity index (χ0n) is 16.9. The SMILES string of the molecule is COc1ccccc1NC(=O)/C(C#N)=C/c1csc(N(C(C)=O)c2ccc(F)cc2F)n1. The highest BCUT2D eigenvalue weighted by Gasteiger charge is 2.22. The fourth-order valence-electron chi connectivity index (χ4n) is 2.75. The molecule has 3 aromatic rings. The van der Waals surface area contributed by atoms with Gasteiger partial charge in [0.25, 0.3) is 5.91 Å². The van der Waals surface area contributed by atoms with Gasteiger partial charge in [-0.2, -0.15) is 5.26 Å². The zero-order chi connectivity index (χ0) is 23.3. The van der Waals surface area contributed by atoms with E-state index >= 15 is 0 Å². The van der Waals surface area contributed by atoms with Crippen molar-refractivity contribution in [3.05, 3.63) is 70.7 Å². The number of halogens is 2. The number of thiazole rings is 1. The molecule has 1 N–H and O–H groups in total. The van der Waals surface area contributed by atoms with Crippen LogP contribution < -0.4 is 15.0 Å². The van der Waals surface area contributed by atoms with Crippen LogP contribution in [0.3, 0.4) is 0 Å². The van der Waals surface area contributed by atoms with E-state index in [9.17, 15) is 23.6 Å². The van der Waals surface area contributed by atoms with Crippen LogP contribution in [0.15, 0.2) is 53.4 Å². The molecule has 32 heavy (non-hydrogen) atoms. The van der Waals surface area contributed by atoms with Crippen LogP contribution in [0.5, 0.6) is 5.75 Å². The molecular weight excluding hydrogens is 438 g/mol. The van der Waals surface area contributed by atoms with E-state index in [1.54, 1.807) is 30.3 Å². The summed E-state index contributed by atoms with van der Waals surface area (Å²) in [4.78, 5) is 29.9. The number of ether oxygens (including phenoxy) is 1. The quantitative estimate of drug-likeness (QED) is 0.432. The highest BCUT2D eigenvalue weighted by molar-refractivity contribution is 7.14. The Morgan fingerprint density at radius 2 is 2.00 bits per heavy atom. The van der Waals surface area contributed by atoms with Crippen LogP contribution in [-0.2, 0) is 9.59 Å². The van der Waals surface area contributed by atoms with Gasteiger partial charge in [-0.1, -0.05) is 12.1 Å². The topological polar surface area (TPSA) is 95.3 Å². The smallest absolute Gasteiger partial charge is 0.266 e. The van der Waals surface area contributed by atoms with E-state index in [1.165, 1.54) is 25.5 Å². The highest BCUT2D eigenvalue weighted by atomic mass is 32.1. The van der Waals surface area contributed by atoms with Crippen molar-refractivity contribution in [1.82, 2.24) is 4.98 Å². The maximum Gasteiger partial charge on any atom is 0.266 e. The predicted octanol–water partition coefficient (Wildman–Crippen LogP) is 4.66. The summed E-state index contributed by atoms with van der Waals surface area (Å²) in [7, 11) is 1.45. The van der Waals surface area contributed by atoms with Gasteiger partial charge in [-0.3, -0.25) is 14.5 Å². The van der Waals surface area contributed by atoms with Crippen LogP contribution in [0.2, 0.25) is 0 Å². The lowest BCUT2D eigenvalue weighted by atomic mass is 10.2. The minimum atomic E-state index is -0.929. The molecule has 2 aromatic carbocycles. The van der Waals surface area contributed by atoms with Gasteiger partial charge in [0.05, 0.1) is 24.2 Å². The molecule has 0 saturated carbocycles. The number of anilines is 3. The second-order valence-corrected chi connectivity index (χ2v) is 7.17. The van der Waals surface area contributed by atoms with Gasteiger partial charge in [-0.15, -0.1) is 11.3 Å². The Balaban J connectivity index is 1.89. The number of nitrogens with zero attached hydrogens (tertiary/aromatic N) is 3. The molecule has 1 heterocycles. The summed E-state index contributed by atoms with van der Waals surface area (Å²) >= 11 is 0.996. The van der Waals surface area contributed by atoms with Gasteiger partial charge < -0.3 is 10.1 Å². The van der Waals surface area contributed by atoms with E-state index in [4.69, 9.17) is 4.74 Å². The first kappa shape index (κ1) is 22.6. The van der Waals surface area contributed by atoms with Gasteiger partial charge in [-0.25, -0.2) is 13.8 Å². The molecule has 0 spiro atoms. The molecule has 0 atom stereocenters. The minimum absolute atomic E-state index is 0.0942. The van der Waals surface area contributed by atoms with Gasteiger partial charge in [0.1, 0.15) is 29.0 Å². The van der Waals surface area contributed by atoms with Crippen molar-refractivity contribution < 1.29 is 23.1 Å². The second-order valence-electron chi connectivity index (χ2n) is 6.33. The number of benzene rings is 2. The molecule has 0 aliphatic rings. The summed E-state index contributed by atoms with van der Waals surface area (Å²) in [6.45, 7) is 1.21. The van der Waals surface area contributed by atoms with Crippen molar-refractivity contribution in [1.29, 1.82) is 5.26 Å². The molecule has 1 aromatic heterocycles. The van der Waals surface area contributed by atoms with Gasteiger partial charge >= 0.3 is 0 Å². The Morgan fingerprint density at radius 3 is 2.66 bits per heavy atom. The summed E-state index contributed by atoms with van der Waals surface area (Å²) in [5, 5.41) is 13.6. The number of hydrogen-bond donors (Lipinski definition) is 1. The van der Waals surface area contributed by atoms with Gasteiger partial charge in [0.2, 0.25) is 5.91 Å². The number of methoxy groups -OCH3 is 1. The molecule has 0 fully saturated rings. The molecular formula is C22H16F2N4O3S. The number of amides is 2. The maximum absolute atomic E-state index is 14.2. The summed E-state index contributed by atoms with van der Waals surface area (Å²) in [5.74, 6) is -2.51. The largest absolute Gasteiger partial charge is 0.495 e. The van der Waals surface area contributed by atoms with Crippen molar-refractivity contribution in [2.45, 2.75) is 6.92 Å². The monoisotopic (exact) mass is 454 g/mol. The average Bonchev–Trinajstić information content (AvgIpc) is 3.21. The van der Waals surface area contributed by atoms with Gasteiger partial charge in [0.15, 0.2) is 5.13 Å². The van der Waals surface area contributed by atoms with E-state index in [1.807, 2.05) is 0 Å². The summed E-state index contributed by atoms with van der Waals surface area (Å²) in [6.07, 6.45) is 1.24. The Morgan fingerprint density at radius 1 is 1.25 bits per heavy atom. The van der Waals surface area contributed by atoms with Crippen molar-refractivity contribution in [2.75, 3.05) is 17.3 Å². The van der Waals surface area contributed by atoms with E-state index in [0.29, 0.717) is 17.5 Å². The van der Waals surface area contributed by atoms with Crippen LogP contribution in [0, 0.1) is 23.0 Å². The van der Waals surface area contributed by atoms with Crippen molar-refractivity contribution >= 4 is 45.7 Å². The Labute approximate surface area is 186 Å². The molecule has 0 aliphatic heterocycles. The molecule has 0 aliphatic carbocycles. The number of hydrogen-bond acceptors (Lipinski definition) is 6. The molecule has 0 unspecified atom stereocenters. The van der Waals surface area contributed by atoms with E-state index in [2.05, 4.69) is 10.3 Å². The third-order valence-electron chi connectivity index (χ3n) is 4.18. The normalized spacial score (nSPS) is 10.9. The fourth-order valence-corrected chi connectivity index (χ4v) is 3.59. The number of rotatable bonds is 6. The number of para-hydroxylation sites is 2. The highest BCUT2D eigenvalue weighted by Crippen LogP contribution is 2.32. The van der Waals surface area contributed by atoms with E-state index in [-0.39, 0.29) is 22.1 Å². The first-order chi connectivity index (χ1) is 15.3. The van der Waals surface area contributed by atoms with Crippen LogP contribution in [-0.4, -0.2) is 23.9 Å². The maximum atomic E-state index is 14.2. The van der Waals surface area contributed by atoms with Crippen molar-refractivity contribution in [3.8, 4) is 11.8 Å². The lowest BCUT2D eigenvalue weighted by molar-refractivity contribution is -0.116. The number of aromatic nitrogens is 1. The van der Waals surface area contributed by atoms with Crippen LogP contribution in [0.25, 0.3) is 6.08 Å². The zero-order valence-corrected chi connectivity index (χ0v) is 17.7. The number of nitriles is 1. The lowest BCUT2D eigenvalue weighted by Crippen LogP contribution is -2.23. The molecule has 3 rings (SSSR count). The van der Waals surface area contributed by atoms with Crippen LogP contribution in [0.4, 0.5) is 25.3 Å². The molecule has 10 heteroatoms.